The van der Waals surface area contributed by atoms with Crippen LogP contribution in [0.1, 0.15) is 17.0 Å². The highest BCUT2D eigenvalue weighted by molar-refractivity contribution is 9.10. The molecule has 0 aliphatic heterocycles. The standard InChI is InChI=1S/C11H12BrClN4/c1-6-9(12)7(2)17(16-6)11-10(13)8(5-14)3-4-15-11/h3-4H,5,14H2,1-2H3. The first-order valence-corrected chi connectivity index (χ1v) is 6.29. The van der Waals surface area contributed by atoms with Gasteiger partial charge in [0, 0.05) is 12.7 Å². The van der Waals surface area contributed by atoms with E-state index in [0.29, 0.717) is 17.4 Å². The highest BCUT2D eigenvalue weighted by Crippen LogP contribution is 2.27. The van der Waals surface area contributed by atoms with E-state index in [1.807, 2.05) is 19.9 Å². The number of aryl methyl sites for hydroxylation is 1. The zero-order chi connectivity index (χ0) is 12.6. The molecule has 2 heterocycles. The van der Waals surface area contributed by atoms with Gasteiger partial charge in [-0.1, -0.05) is 11.6 Å². The van der Waals surface area contributed by atoms with Gasteiger partial charge in [0.1, 0.15) is 0 Å². The minimum Gasteiger partial charge on any atom is -0.326 e. The Bertz CT molecular complexity index is 565. The fourth-order valence-corrected chi connectivity index (χ4v) is 2.12. The maximum Gasteiger partial charge on any atom is 0.172 e. The van der Waals surface area contributed by atoms with Crippen LogP contribution in [0, 0.1) is 13.8 Å². The third-order valence-electron chi connectivity index (χ3n) is 2.57. The molecule has 0 spiro atoms. The average Bonchev–Trinajstić information content (AvgIpc) is 2.57. The summed E-state index contributed by atoms with van der Waals surface area (Å²) in [7, 11) is 0. The molecule has 90 valence electrons. The molecule has 0 unspecified atom stereocenters. The van der Waals surface area contributed by atoms with Crippen LogP contribution in [-0.4, -0.2) is 14.8 Å². The molecule has 0 saturated heterocycles. The van der Waals surface area contributed by atoms with E-state index in [1.165, 1.54) is 0 Å². The van der Waals surface area contributed by atoms with Gasteiger partial charge in [-0.05, 0) is 41.4 Å². The molecule has 0 atom stereocenters. The van der Waals surface area contributed by atoms with Gasteiger partial charge in [0.15, 0.2) is 5.82 Å². The number of nitrogens with two attached hydrogens (primary N) is 1. The molecule has 2 N–H and O–H groups in total. The summed E-state index contributed by atoms with van der Waals surface area (Å²) in [5.41, 5.74) is 8.35. The molecule has 0 aliphatic rings. The lowest BCUT2D eigenvalue weighted by Gasteiger charge is -2.08. The van der Waals surface area contributed by atoms with Crippen molar-refractivity contribution in [1.29, 1.82) is 0 Å². The van der Waals surface area contributed by atoms with Gasteiger partial charge in [-0.15, -0.1) is 0 Å². The Kier molecular flexibility index (Phi) is 3.51. The maximum absolute atomic E-state index is 6.26. The summed E-state index contributed by atoms with van der Waals surface area (Å²) >= 11 is 9.74. The minimum absolute atomic E-state index is 0.384. The van der Waals surface area contributed by atoms with E-state index in [2.05, 4.69) is 26.0 Å². The van der Waals surface area contributed by atoms with Crippen LogP contribution >= 0.6 is 27.5 Å². The number of pyridine rings is 1. The van der Waals surface area contributed by atoms with Crippen LogP contribution < -0.4 is 5.73 Å². The normalized spacial score (nSPS) is 10.9. The summed E-state index contributed by atoms with van der Waals surface area (Å²) < 4.78 is 2.69. The van der Waals surface area contributed by atoms with Crippen molar-refractivity contribution in [3.8, 4) is 5.82 Å². The Morgan fingerprint density at radius 1 is 1.47 bits per heavy atom. The Balaban J connectivity index is 2.64. The molecule has 2 rings (SSSR count). The predicted molar refractivity (Wildman–Crippen MR) is 71.4 cm³/mol. The van der Waals surface area contributed by atoms with Gasteiger partial charge >= 0.3 is 0 Å². The highest BCUT2D eigenvalue weighted by atomic mass is 79.9. The van der Waals surface area contributed by atoms with Crippen LogP contribution in [0.15, 0.2) is 16.7 Å². The lowest BCUT2D eigenvalue weighted by atomic mass is 10.2. The van der Waals surface area contributed by atoms with Gasteiger partial charge in [-0.2, -0.15) is 5.10 Å². The first kappa shape index (κ1) is 12.5. The van der Waals surface area contributed by atoms with Crippen molar-refractivity contribution >= 4 is 27.5 Å². The van der Waals surface area contributed by atoms with Crippen LogP contribution in [0.25, 0.3) is 5.82 Å². The molecule has 0 amide bonds. The second-order valence-corrected chi connectivity index (χ2v) is 4.88. The first-order chi connectivity index (χ1) is 8.06. The van der Waals surface area contributed by atoms with E-state index in [9.17, 15) is 0 Å². The van der Waals surface area contributed by atoms with E-state index in [-0.39, 0.29) is 0 Å². The van der Waals surface area contributed by atoms with Gasteiger partial charge in [-0.25, -0.2) is 9.67 Å². The van der Waals surface area contributed by atoms with Gasteiger partial charge in [0.05, 0.1) is 20.9 Å². The van der Waals surface area contributed by atoms with E-state index in [1.54, 1.807) is 10.9 Å². The van der Waals surface area contributed by atoms with E-state index in [4.69, 9.17) is 17.3 Å². The molecule has 4 nitrogen and oxygen atoms in total. The number of nitrogens with zero attached hydrogens (tertiary/aromatic N) is 3. The van der Waals surface area contributed by atoms with Crippen molar-refractivity contribution in [2.45, 2.75) is 20.4 Å². The molecular weight excluding hydrogens is 304 g/mol. The summed E-state index contributed by atoms with van der Waals surface area (Å²) in [4.78, 5) is 4.26. The number of hydrogen-bond donors (Lipinski definition) is 1. The third kappa shape index (κ3) is 2.10. The van der Waals surface area contributed by atoms with Crippen LogP contribution in [-0.2, 0) is 6.54 Å². The van der Waals surface area contributed by atoms with Crippen LogP contribution in [0.3, 0.4) is 0 Å². The van der Waals surface area contributed by atoms with Crippen molar-refractivity contribution in [2.24, 2.45) is 5.73 Å². The monoisotopic (exact) mass is 314 g/mol. The third-order valence-corrected chi connectivity index (χ3v) is 4.13. The van der Waals surface area contributed by atoms with Crippen molar-refractivity contribution in [2.75, 3.05) is 0 Å². The number of hydrogen-bond acceptors (Lipinski definition) is 3. The van der Waals surface area contributed by atoms with Crippen LogP contribution in [0.4, 0.5) is 0 Å². The van der Waals surface area contributed by atoms with Gasteiger partial charge < -0.3 is 5.73 Å². The van der Waals surface area contributed by atoms with E-state index in [0.717, 1.165) is 21.4 Å². The SMILES string of the molecule is Cc1nn(-c2nccc(CN)c2Cl)c(C)c1Br. The summed E-state index contributed by atoms with van der Waals surface area (Å²) in [6, 6.07) is 1.81. The zero-order valence-corrected chi connectivity index (χ0v) is 11.9. The molecule has 0 fully saturated rings. The quantitative estimate of drug-likeness (QED) is 0.927. The summed E-state index contributed by atoms with van der Waals surface area (Å²) in [5.74, 6) is 0.612. The summed E-state index contributed by atoms with van der Waals surface area (Å²) in [6.07, 6.45) is 1.69. The molecule has 0 bridgehead atoms. The fourth-order valence-electron chi connectivity index (χ4n) is 1.61. The summed E-state index contributed by atoms with van der Waals surface area (Å²) in [5, 5.41) is 4.95. The van der Waals surface area contributed by atoms with E-state index < -0.39 is 0 Å². The molecule has 0 radical (unpaired) electrons. The molecule has 0 aliphatic carbocycles. The first-order valence-electron chi connectivity index (χ1n) is 5.11. The maximum atomic E-state index is 6.26. The molecule has 2 aromatic heterocycles. The van der Waals surface area contributed by atoms with Crippen LogP contribution in [0.2, 0.25) is 5.02 Å². The molecular formula is C11H12BrClN4. The minimum atomic E-state index is 0.384. The number of halogens is 2. The van der Waals surface area contributed by atoms with Crippen molar-refractivity contribution in [3.63, 3.8) is 0 Å². The Hall–Kier alpha value is -0.910. The topological polar surface area (TPSA) is 56.7 Å². The van der Waals surface area contributed by atoms with E-state index >= 15 is 0 Å². The second-order valence-electron chi connectivity index (χ2n) is 3.71. The predicted octanol–water partition coefficient (Wildman–Crippen LogP) is 2.76. The summed E-state index contributed by atoms with van der Waals surface area (Å²) in [6.45, 7) is 4.26. The number of aromatic nitrogens is 3. The largest absolute Gasteiger partial charge is 0.326 e. The molecule has 6 heteroatoms. The van der Waals surface area contributed by atoms with Gasteiger partial charge in [-0.3, -0.25) is 0 Å². The zero-order valence-electron chi connectivity index (χ0n) is 9.54. The Labute approximate surface area is 113 Å². The van der Waals surface area contributed by atoms with Crippen molar-refractivity contribution in [1.82, 2.24) is 14.8 Å². The van der Waals surface area contributed by atoms with Crippen LogP contribution in [0.5, 0.6) is 0 Å². The lowest BCUT2D eigenvalue weighted by Crippen LogP contribution is -2.06. The second kappa shape index (κ2) is 4.76. The Morgan fingerprint density at radius 3 is 2.71 bits per heavy atom. The molecule has 17 heavy (non-hydrogen) atoms. The van der Waals surface area contributed by atoms with Gasteiger partial charge in [0.25, 0.3) is 0 Å². The van der Waals surface area contributed by atoms with Crippen molar-refractivity contribution < 1.29 is 0 Å². The highest BCUT2D eigenvalue weighted by Gasteiger charge is 2.15. The average molecular weight is 316 g/mol. The molecule has 2 aromatic rings. The van der Waals surface area contributed by atoms with Crippen molar-refractivity contribution in [3.05, 3.63) is 38.7 Å². The Morgan fingerprint density at radius 2 is 2.18 bits per heavy atom. The van der Waals surface area contributed by atoms with Gasteiger partial charge in [0.2, 0.25) is 0 Å². The number of rotatable bonds is 2. The molecule has 0 aromatic carbocycles. The lowest BCUT2D eigenvalue weighted by molar-refractivity contribution is 0.802. The smallest absolute Gasteiger partial charge is 0.172 e. The molecule has 0 saturated carbocycles. The fraction of sp³-hybridized carbons (Fsp3) is 0.273.